The quantitative estimate of drug-likeness (QED) is 0.211. The van der Waals surface area contributed by atoms with Crippen LogP contribution in [0.2, 0.25) is 0 Å². The first kappa shape index (κ1) is 28.2. The average Bonchev–Trinajstić information content (AvgIpc) is 3.68. The standard InChI is InChI=1S/C45H39NO/c1-43(2,3)27-21-23-29-30-24-22-28(44(4,5)6)26-36(30)45(35(29)25-27)33-15-9-7-13-31(33)41-34(45)16-11-17-37(41)46-38-18-12-20-40-42(38)32-14-8-10-19-39(32)47-40/h7-26,46H,1-6H3. The topological polar surface area (TPSA) is 25.2 Å². The zero-order valence-electron chi connectivity index (χ0n) is 28.0. The van der Waals surface area contributed by atoms with Crippen molar-refractivity contribution in [3.05, 3.63) is 155 Å². The zero-order valence-corrected chi connectivity index (χ0v) is 28.0. The first-order valence-corrected chi connectivity index (χ1v) is 16.8. The molecule has 0 atom stereocenters. The second-order valence-corrected chi connectivity index (χ2v) is 15.4. The lowest BCUT2D eigenvalue weighted by molar-refractivity contribution is 0.586. The average molecular weight is 610 g/mol. The summed E-state index contributed by atoms with van der Waals surface area (Å²) in [6.45, 7) is 13.9. The van der Waals surface area contributed by atoms with Gasteiger partial charge in [0.2, 0.25) is 0 Å². The van der Waals surface area contributed by atoms with E-state index in [1.54, 1.807) is 0 Å². The molecule has 0 aliphatic heterocycles. The second-order valence-electron chi connectivity index (χ2n) is 15.4. The van der Waals surface area contributed by atoms with Crippen LogP contribution in [0.25, 0.3) is 44.2 Å². The lowest BCUT2D eigenvalue weighted by Crippen LogP contribution is -2.27. The maximum absolute atomic E-state index is 6.27. The molecule has 0 saturated carbocycles. The Morgan fingerprint density at radius 3 is 1.77 bits per heavy atom. The Labute approximate surface area is 277 Å². The minimum absolute atomic E-state index is 0.0258. The summed E-state index contributed by atoms with van der Waals surface area (Å²) in [6, 6.07) is 45.1. The largest absolute Gasteiger partial charge is 0.456 e. The summed E-state index contributed by atoms with van der Waals surface area (Å²) >= 11 is 0. The monoisotopic (exact) mass is 609 g/mol. The fourth-order valence-corrected chi connectivity index (χ4v) is 8.29. The van der Waals surface area contributed by atoms with Gasteiger partial charge in [0.15, 0.2) is 0 Å². The predicted octanol–water partition coefficient (Wildman–Crippen LogP) is 12.3. The first-order valence-electron chi connectivity index (χ1n) is 16.8. The molecule has 0 fully saturated rings. The Balaban J connectivity index is 1.35. The maximum Gasteiger partial charge on any atom is 0.137 e. The van der Waals surface area contributed by atoms with E-state index in [9.17, 15) is 0 Å². The lowest BCUT2D eigenvalue weighted by atomic mass is 9.69. The highest BCUT2D eigenvalue weighted by Gasteiger charge is 2.52. The van der Waals surface area contributed by atoms with E-state index in [1.807, 2.05) is 12.1 Å². The summed E-state index contributed by atoms with van der Waals surface area (Å²) in [5, 5.41) is 6.17. The molecule has 9 rings (SSSR count). The molecular formula is C45H39NO. The molecule has 0 saturated heterocycles. The van der Waals surface area contributed by atoms with Crippen molar-refractivity contribution in [3.8, 4) is 22.3 Å². The van der Waals surface area contributed by atoms with E-state index in [-0.39, 0.29) is 10.8 Å². The maximum atomic E-state index is 6.27. The molecule has 2 heteroatoms. The van der Waals surface area contributed by atoms with E-state index < -0.39 is 5.41 Å². The molecule has 6 aromatic carbocycles. The molecule has 1 N–H and O–H groups in total. The third-order valence-corrected chi connectivity index (χ3v) is 10.6. The van der Waals surface area contributed by atoms with Gasteiger partial charge in [0.1, 0.15) is 11.2 Å². The van der Waals surface area contributed by atoms with Crippen LogP contribution in [-0.2, 0) is 16.2 Å². The van der Waals surface area contributed by atoms with E-state index in [1.165, 1.54) is 55.6 Å². The Bertz CT molecular complexity index is 2350. The fraction of sp³-hybridized carbons (Fsp3) is 0.200. The van der Waals surface area contributed by atoms with E-state index in [0.29, 0.717) is 0 Å². The SMILES string of the molecule is CC(C)(C)c1ccc2c(c1)C1(c3cc(C(C)(C)C)ccc3-2)c2ccccc2-c2c(Nc3cccc4oc5ccccc5c34)cccc21. The van der Waals surface area contributed by atoms with Crippen LogP contribution in [0.15, 0.2) is 126 Å². The van der Waals surface area contributed by atoms with Gasteiger partial charge in [-0.2, -0.15) is 0 Å². The van der Waals surface area contributed by atoms with Crippen LogP contribution in [0, 0.1) is 0 Å². The number of hydrogen-bond acceptors (Lipinski definition) is 2. The highest BCUT2D eigenvalue weighted by atomic mass is 16.3. The van der Waals surface area contributed by atoms with Crippen LogP contribution in [0.4, 0.5) is 11.4 Å². The Morgan fingerprint density at radius 2 is 1.06 bits per heavy atom. The molecule has 2 aliphatic rings. The molecule has 0 bridgehead atoms. The van der Waals surface area contributed by atoms with Crippen LogP contribution in [0.1, 0.15) is 74.9 Å². The number of para-hydroxylation sites is 1. The van der Waals surface area contributed by atoms with E-state index in [4.69, 9.17) is 4.42 Å². The summed E-state index contributed by atoms with van der Waals surface area (Å²) in [5.74, 6) is 0. The number of benzene rings is 6. The van der Waals surface area contributed by atoms with Gasteiger partial charge >= 0.3 is 0 Å². The second kappa shape index (κ2) is 9.48. The van der Waals surface area contributed by atoms with Crippen LogP contribution >= 0.6 is 0 Å². The molecule has 1 heterocycles. The van der Waals surface area contributed by atoms with E-state index >= 15 is 0 Å². The van der Waals surface area contributed by atoms with Gasteiger partial charge in [-0.3, -0.25) is 0 Å². The van der Waals surface area contributed by atoms with Crippen molar-refractivity contribution in [2.24, 2.45) is 0 Å². The summed E-state index contributed by atoms with van der Waals surface area (Å²) < 4.78 is 6.27. The molecule has 230 valence electrons. The number of nitrogens with one attached hydrogen (secondary N) is 1. The highest BCUT2D eigenvalue weighted by Crippen LogP contribution is 2.64. The minimum atomic E-state index is -0.425. The molecule has 0 radical (unpaired) electrons. The fourth-order valence-electron chi connectivity index (χ4n) is 8.29. The number of fused-ring (bicyclic) bond motifs is 13. The molecular weight excluding hydrogens is 571 g/mol. The van der Waals surface area contributed by atoms with Crippen LogP contribution in [0.5, 0.6) is 0 Å². The van der Waals surface area contributed by atoms with Gasteiger partial charge in [0.05, 0.1) is 16.5 Å². The van der Waals surface area contributed by atoms with Crippen molar-refractivity contribution in [1.82, 2.24) is 0 Å². The Kier molecular flexibility index (Phi) is 5.68. The van der Waals surface area contributed by atoms with Crippen LogP contribution < -0.4 is 5.32 Å². The number of anilines is 2. The highest BCUT2D eigenvalue weighted by molar-refractivity contribution is 6.12. The lowest BCUT2D eigenvalue weighted by Gasteiger charge is -2.33. The van der Waals surface area contributed by atoms with E-state index in [0.717, 1.165) is 33.3 Å². The summed E-state index contributed by atoms with van der Waals surface area (Å²) in [5.41, 5.74) is 17.0. The Hall–Kier alpha value is -5.08. The van der Waals surface area contributed by atoms with Gasteiger partial charge in [-0.15, -0.1) is 0 Å². The smallest absolute Gasteiger partial charge is 0.137 e. The van der Waals surface area contributed by atoms with E-state index in [2.05, 4.69) is 156 Å². The van der Waals surface area contributed by atoms with Crippen molar-refractivity contribution in [3.63, 3.8) is 0 Å². The normalized spacial score (nSPS) is 14.3. The Morgan fingerprint density at radius 1 is 0.489 bits per heavy atom. The predicted molar refractivity (Wildman–Crippen MR) is 197 cm³/mol. The summed E-state index contributed by atoms with van der Waals surface area (Å²) in [6.07, 6.45) is 0. The molecule has 47 heavy (non-hydrogen) atoms. The van der Waals surface area contributed by atoms with Gasteiger partial charge in [-0.25, -0.2) is 0 Å². The van der Waals surface area contributed by atoms with Crippen molar-refractivity contribution in [2.75, 3.05) is 5.32 Å². The number of furan rings is 1. The summed E-state index contributed by atoms with van der Waals surface area (Å²) in [4.78, 5) is 0. The van der Waals surface area contributed by atoms with Crippen molar-refractivity contribution >= 4 is 33.3 Å². The van der Waals surface area contributed by atoms with Gasteiger partial charge in [-0.1, -0.05) is 139 Å². The van der Waals surface area contributed by atoms with Crippen molar-refractivity contribution in [2.45, 2.75) is 57.8 Å². The van der Waals surface area contributed by atoms with Gasteiger partial charge < -0.3 is 9.73 Å². The van der Waals surface area contributed by atoms with Crippen molar-refractivity contribution < 1.29 is 4.42 Å². The molecule has 1 spiro atoms. The van der Waals surface area contributed by atoms with Crippen LogP contribution in [-0.4, -0.2) is 0 Å². The summed E-state index contributed by atoms with van der Waals surface area (Å²) in [7, 11) is 0. The molecule has 0 unspecified atom stereocenters. The number of rotatable bonds is 2. The minimum Gasteiger partial charge on any atom is -0.456 e. The molecule has 0 amide bonds. The van der Waals surface area contributed by atoms with Gasteiger partial charge in [-0.05, 0) is 85.2 Å². The third kappa shape index (κ3) is 3.85. The first-order chi connectivity index (χ1) is 22.6. The molecule has 1 aromatic heterocycles. The zero-order chi connectivity index (χ0) is 32.3. The molecule has 2 aliphatic carbocycles. The van der Waals surface area contributed by atoms with Crippen LogP contribution in [0.3, 0.4) is 0 Å². The number of hydrogen-bond donors (Lipinski definition) is 1. The third-order valence-electron chi connectivity index (χ3n) is 10.6. The molecule has 2 nitrogen and oxygen atoms in total. The molecule has 7 aromatic rings. The van der Waals surface area contributed by atoms with Crippen molar-refractivity contribution in [1.29, 1.82) is 0 Å². The van der Waals surface area contributed by atoms with Gasteiger partial charge in [0, 0.05) is 16.6 Å². The van der Waals surface area contributed by atoms with Gasteiger partial charge in [0.25, 0.3) is 0 Å².